The molecule has 1 atom stereocenters. The van der Waals surface area contributed by atoms with E-state index in [-0.39, 0.29) is 0 Å². The molecule has 3 nitrogen and oxygen atoms in total. The first-order valence-electron chi connectivity index (χ1n) is 6.09. The average molecular weight is 265 g/mol. The minimum atomic E-state index is -0.656. The monoisotopic (exact) mass is 264 g/mol. The van der Waals surface area contributed by atoms with Crippen molar-refractivity contribution in [2.45, 2.75) is 32.9 Å². The first kappa shape index (κ1) is 13.1. The quantitative estimate of drug-likeness (QED) is 0.920. The predicted octanol–water partition coefficient (Wildman–Crippen LogP) is 3.34. The molecule has 1 aromatic heterocycles. The average Bonchev–Trinajstić information content (AvgIpc) is 2.77. The van der Waals surface area contributed by atoms with Gasteiger partial charge < -0.3 is 5.11 Å². The summed E-state index contributed by atoms with van der Waals surface area (Å²) >= 11 is 5.93. The van der Waals surface area contributed by atoms with Gasteiger partial charge >= 0.3 is 0 Å². The molecule has 0 aliphatic heterocycles. The maximum atomic E-state index is 10.5. The van der Waals surface area contributed by atoms with Gasteiger partial charge in [-0.1, -0.05) is 24.6 Å². The minimum Gasteiger partial charge on any atom is -0.382 e. The Bertz CT molecular complexity index is 536. The summed E-state index contributed by atoms with van der Waals surface area (Å²) in [5, 5.41) is 15.4. The number of aliphatic hydroxyl groups is 1. The maximum absolute atomic E-state index is 10.5. The van der Waals surface area contributed by atoms with Crippen molar-refractivity contribution in [1.82, 2.24) is 9.78 Å². The summed E-state index contributed by atoms with van der Waals surface area (Å²) in [7, 11) is 0. The number of halogens is 1. The van der Waals surface area contributed by atoms with Crippen LogP contribution in [-0.4, -0.2) is 14.9 Å². The molecule has 0 bridgehead atoms. The van der Waals surface area contributed by atoms with Crippen molar-refractivity contribution in [3.05, 3.63) is 52.3 Å². The molecule has 1 aromatic carbocycles. The maximum Gasteiger partial charge on any atom is 0.121 e. The van der Waals surface area contributed by atoms with Gasteiger partial charge in [-0.15, -0.1) is 0 Å². The van der Waals surface area contributed by atoms with E-state index < -0.39 is 6.10 Å². The topological polar surface area (TPSA) is 38.0 Å². The number of benzene rings is 1. The normalized spacial score (nSPS) is 12.7. The Morgan fingerprint density at radius 3 is 2.83 bits per heavy atom. The molecule has 0 aliphatic carbocycles. The van der Waals surface area contributed by atoms with Crippen molar-refractivity contribution in [1.29, 1.82) is 0 Å². The molecule has 2 aromatic rings. The van der Waals surface area contributed by atoms with Crippen LogP contribution in [0.5, 0.6) is 0 Å². The summed E-state index contributed by atoms with van der Waals surface area (Å²) in [6, 6.07) is 7.38. The van der Waals surface area contributed by atoms with Crippen LogP contribution in [0.25, 0.3) is 0 Å². The highest BCUT2D eigenvalue weighted by Gasteiger charge is 2.17. The van der Waals surface area contributed by atoms with Crippen molar-refractivity contribution in [2.75, 3.05) is 0 Å². The zero-order valence-electron chi connectivity index (χ0n) is 10.6. The third kappa shape index (κ3) is 2.57. The lowest BCUT2D eigenvalue weighted by Gasteiger charge is -2.15. The van der Waals surface area contributed by atoms with Gasteiger partial charge in [0.2, 0.25) is 0 Å². The molecule has 1 heterocycles. The molecular formula is C14H17ClN2O. The summed E-state index contributed by atoms with van der Waals surface area (Å²) in [6.45, 7) is 4.85. The molecule has 2 rings (SSSR count). The van der Waals surface area contributed by atoms with Crippen LogP contribution in [0.4, 0.5) is 0 Å². The second-order valence-electron chi connectivity index (χ2n) is 4.38. The van der Waals surface area contributed by atoms with Gasteiger partial charge in [0.05, 0.1) is 5.69 Å². The van der Waals surface area contributed by atoms with Gasteiger partial charge in [0, 0.05) is 17.8 Å². The van der Waals surface area contributed by atoms with Crippen LogP contribution in [0.3, 0.4) is 0 Å². The van der Waals surface area contributed by atoms with E-state index in [9.17, 15) is 5.11 Å². The number of hydrogen-bond donors (Lipinski definition) is 1. The van der Waals surface area contributed by atoms with Crippen molar-refractivity contribution in [2.24, 2.45) is 0 Å². The van der Waals surface area contributed by atoms with Crippen LogP contribution >= 0.6 is 11.6 Å². The van der Waals surface area contributed by atoms with E-state index >= 15 is 0 Å². The fourth-order valence-corrected chi connectivity index (χ4v) is 2.31. The molecule has 1 N–H and O–H groups in total. The zero-order valence-corrected chi connectivity index (χ0v) is 11.4. The van der Waals surface area contributed by atoms with Crippen molar-refractivity contribution in [3.8, 4) is 0 Å². The summed E-state index contributed by atoms with van der Waals surface area (Å²) in [5.41, 5.74) is 2.68. The number of rotatable bonds is 4. The number of nitrogens with zero attached hydrogens (tertiary/aromatic N) is 2. The third-order valence-electron chi connectivity index (χ3n) is 2.99. The van der Waals surface area contributed by atoms with Crippen molar-refractivity contribution >= 4 is 11.6 Å². The SMILES string of the molecule is CCCn1nccc1C(O)c1ccc(Cl)cc1C. The minimum absolute atomic E-state index is 0.656. The Hall–Kier alpha value is -1.32. The molecular weight excluding hydrogens is 248 g/mol. The molecule has 1 unspecified atom stereocenters. The molecule has 0 spiro atoms. The lowest BCUT2D eigenvalue weighted by molar-refractivity contribution is 0.206. The lowest BCUT2D eigenvalue weighted by Crippen LogP contribution is -2.11. The van der Waals surface area contributed by atoms with Crippen LogP contribution in [0.15, 0.2) is 30.5 Å². The summed E-state index contributed by atoms with van der Waals surface area (Å²) in [6.07, 6.45) is 2.05. The third-order valence-corrected chi connectivity index (χ3v) is 3.23. The second kappa shape index (κ2) is 5.55. The van der Waals surface area contributed by atoms with Gasteiger partial charge in [-0.25, -0.2) is 0 Å². The number of aryl methyl sites for hydroxylation is 2. The zero-order chi connectivity index (χ0) is 13.1. The lowest BCUT2D eigenvalue weighted by atomic mass is 10.0. The molecule has 4 heteroatoms. The summed E-state index contributed by atoms with van der Waals surface area (Å²) in [4.78, 5) is 0. The predicted molar refractivity (Wildman–Crippen MR) is 72.8 cm³/mol. The van der Waals surface area contributed by atoms with E-state index in [1.807, 2.05) is 29.8 Å². The molecule has 0 aliphatic rings. The Balaban J connectivity index is 2.35. The molecule has 0 amide bonds. The number of hydrogen-bond acceptors (Lipinski definition) is 2. The van der Waals surface area contributed by atoms with Crippen molar-refractivity contribution in [3.63, 3.8) is 0 Å². The Kier molecular flexibility index (Phi) is 4.04. The fourth-order valence-electron chi connectivity index (χ4n) is 2.08. The van der Waals surface area contributed by atoms with E-state index in [4.69, 9.17) is 11.6 Å². The van der Waals surface area contributed by atoms with Gasteiger partial charge in [0.1, 0.15) is 6.10 Å². The number of aromatic nitrogens is 2. The van der Waals surface area contributed by atoms with Gasteiger partial charge in [0.25, 0.3) is 0 Å². The highest BCUT2D eigenvalue weighted by Crippen LogP contribution is 2.26. The Morgan fingerprint density at radius 1 is 1.39 bits per heavy atom. The van der Waals surface area contributed by atoms with Crippen molar-refractivity contribution < 1.29 is 5.11 Å². The molecule has 96 valence electrons. The van der Waals surface area contributed by atoms with Gasteiger partial charge in [-0.05, 0) is 42.7 Å². The molecule has 18 heavy (non-hydrogen) atoms. The van der Waals surface area contributed by atoms with E-state index in [1.54, 1.807) is 12.3 Å². The van der Waals surface area contributed by atoms with E-state index in [2.05, 4.69) is 12.0 Å². The molecule has 0 fully saturated rings. The fraction of sp³-hybridized carbons (Fsp3) is 0.357. The van der Waals surface area contributed by atoms with Gasteiger partial charge in [0.15, 0.2) is 0 Å². The second-order valence-corrected chi connectivity index (χ2v) is 4.82. The van der Waals surface area contributed by atoms with Gasteiger partial charge in [-0.3, -0.25) is 4.68 Å². The largest absolute Gasteiger partial charge is 0.382 e. The standard InChI is InChI=1S/C14H17ClN2O/c1-3-8-17-13(6-7-16-17)14(18)12-5-4-11(15)9-10(12)2/h4-7,9,14,18H,3,8H2,1-2H3. The first-order valence-corrected chi connectivity index (χ1v) is 6.47. The molecule has 0 saturated carbocycles. The first-order chi connectivity index (χ1) is 8.63. The molecule has 0 radical (unpaired) electrons. The van der Waals surface area contributed by atoms with Crippen LogP contribution in [0.2, 0.25) is 5.02 Å². The smallest absolute Gasteiger partial charge is 0.121 e. The van der Waals surface area contributed by atoms with Gasteiger partial charge in [-0.2, -0.15) is 5.10 Å². The highest BCUT2D eigenvalue weighted by atomic mass is 35.5. The Morgan fingerprint density at radius 2 is 2.17 bits per heavy atom. The molecule has 0 saturated heterocycles. The number of aliphatic hydroxyl groups excluding tert-OH is 1. The van der Waals surface area contributed by atoms with E-state index in [0.29, 0.717) is 5.02 Å². The van der Waals surface area contributed by atoms with E-state index in [1.165, 1.54) is 0 Å². The van der Waals surface area contributed by atoms with E-state index in [0.717, 1.165) is 29.8 Å². The summed E-state index contributed by atoms with van der Waals surface area (Å²) in [5.74, 6) is 0. The van der Waals surface area contributed by atoms with Crippen LogP contribution in [0, 0.1) is 6.92 Å². The van der Waals surface area contributed by atoms with Crippen LogP contribution < -0.4 is 0 Å². The Labute approximate surface area is 112 Å². The highest BCUT2D eigenvalue weighted by molar-refractivity contribution is 6.30. The van der Waals surface area contributed by atoms with Crippen LogP contribution in [0.1, 0.15) is 36.3 Å². The van der Waals surface area contributed by atoms with Crippen LogP contribution in [-0.2, 0) is 6.54 Å². The summed E-state index contributed by atoms with van der Waals surface area (Å²) < 4.78 is 1.85.